The molecule has 0 aliphatic heterocycles. The zero-order valence-corrected chi connectivity index (χ0v) is 13.0. The predicted molar refractivity (Wildman–Crippen MR) is 84.0 cm³/mol. The van der Waals surface area contributed by atoms with Gasteiger partial charge in [0.15, 0.2) is 0 Å². The van der Waals surface area contributed by atoms with Crippen molar-refractivity contribution in [3.05, 3.63) is 36.2 Å². The highest BCUT2D eigenvalue weighted by Gasteiger charge is 2.16. The van der Waals surface area contributed by atoms with Gasteiger partial charge in [-0.1, -0.05) is 13.8 Å². The van der Waals surface area contributed by atoms with Crippen LogP contribution in [0.2, 0.25) is 0 Å². The molecule has 5 heteroatoms. The van der Waals surface area contributed by atoms with Crippen molar-refractivity contribution in [1.29, 1.82) is 0 Å². The number of hydrogen-bond acceptors (Lipinski definition) is 5. The van der Waals surface area contributed by atoms with Gasteiger partial charge in [-0.25, -0.2) is 9.97 Å². The molecular formula is C15H19N3OS. The number of thioether (sulfide) groups is 1. The lowest BCUT2D eigenvalue weighted by atomic mass is 10.1. The molecule has 0 atom stereocenters. The van der Waals surface area contributed by atoms with Crippen LogP contribution < -0.4 is 10.1 Å². The molecule has 1 N–H and O–H groups in total. The lowest BCUT2D eigenvalue weighted by Gasteiger charge is -2.15. The lowest BCUT2D eigenvalue weighted by molar-refractivity contribution is 0.451. The predicted octanol–water partition coefficient (Wildman–Crippen LogP) is 4.16. The Hall–Kier alpha value is -1.75. The Morgan fingerprint density at radius 1 is 1.15 bits per heavy atom. The number of benzene rings is 1. The third kappa shape index (κ3) is 3.22. The molecular weight excluding hydrogens is 270 g/mol. The van der Waals surface area contributed by atoms with Crippen molar-refractivity contribution < 1.29 is 4.74 Å². The van der Waals surface area contributed by atoms with E-state index in [9.17, 15) is 0 Å². The fraction of sp³-hybridized carbons (Fsp3) is 0.333. The summed E-state index contributed by atoms with van der Waals surface area (Å²) in [5.41, 5.74) is 0.990. The zero-order valence-electron chi connectivity index (χ0n) is 12.2. The first-order valence-corrected chi connectivity index (χ1v) is 7.72. The summed E-state index contributed by atoms with van der Waals surface area (Å²) < 4.78 is 5.91. The van der Waals surface area contributed by atoms with E-state index in [1.807, 2.05) is 31.3 Å². The normalized spacial score (nSPS) is 10.7. The Morgan fingerprint density at radius 3 is 2.40 bits per heavy atom. The highest BCUT2D eigenvalue weighted by atomic mass is 32.2. The Bertz CT molecular complexity index is 570. The van der Waals surface area contributed by atoms with Gasteiger partial charge in [0.2, 0.25) is 5.88 Å². The molecule has 2 rings (SSSR count). The van der Waals surface area contributed by atoms with E-state index >= 15 is 0 Å². The average Bonchev–Trinajstić information content (AvgIpc) is 2.47. The van der Waals surface area contributed by atoms with Crippen LogP contribution in [0.25, 0.3) is 0 Å². The Morgan fingerprint density at radius 2 is 1.85 bits per heavy atom. The van der Waals surface area contributed by atoms with Gasteiger partial charge in [0.05, 0.1) is 5.56 Å². The van der Waals surface area contributed by atoms with E-state index in [0.717, 1.165) is 17.1 Å². The number of aromatic nitrogens is 2. The molecule has 0 saturated carbocycles. The topological polar surface area (TPSA) is 47.0 Å². The van der Waals surface area contributed by atoms with Gasteiger partial charge in [-0.15, -0.1) is 11.8 Å². The first-order valence-electron chi connectivity index (χ1n) is 6.50. The van der Waals surface area contributed by atoms with E-state index in [-0.39, 0.29) is 5.92 Å². The van der Waals surface area contributed by atoms with E-state index in [4.69, 9.17) is 4.74 Å². The molecule has 4 nitrogen and oxygen atoms in total. The molecule has 2 aromatic rings. The number of nitrogens with zero attached hydrogens (tertiary/aromatic N) is 2. The van der Waals surface area contributed by atoms with Crippen LogP contribution in [0.3, 0.4) is 0 Å². The highest BCUT2D eigenvalue weighted by molar-refractivity contribution is 7.98. The van der Waals surface area contributed by atoms with Gasteiger partial charge >= 0.3 is 0 Å². The molecule has 20 heavy (non-hydrogen) atoms. The molecule has 0 unspecified atom stereocenters. The molecule has 0 spiro atoms. The second-order valence-electron chi connectivity index (χ2n) is 4.62. The van der Waals surface area contributed by atoms with E-state index in [1.54, 1.807) is 11.8 Å². The Kier molecular flexibility index (Phi) is 4.84. The third-order valence-corrected chi connectivity index (χ3v) is 3.68. The minimum Gasteiger partial charge on any atom is -0.439 e. The quantitative estimate of drug-likeness (QED) is 0.838. The maximum absolute atomic E-state index is 5.91. The maximum atomic E-state index is 5.91. The number of anilines is 1. The van der Waals surface area contributed by atoms with Crippen LogP contribution in [0, 0.1) is 0 Å². The number of hydrogen-bond donors (Lipinski definition) is 1. The summed E-state index contributed by atoms with van der Waals surface area (Å²) in [6, 6.07) is 7.98. The summed E-state index contributed by atoms with van der Waals surface area (Å²) in [5.74, 6) is 2.48. The highest BCUT2D eigenvalue weighted by Crippen LogP contribution is 2.33. The first kappa shape index (κ1) is 14.7. The molecule has 0 saturated heterocycles. The molecule has 106 valence electrons. The molecule has 0 radical (unpaired) electrons. The van der Waals surface area contributed by atoms with E-state index in [2.05, 4.69) is 35.4 Å². The minimum absolute atomic E-state index is 0.277. The third-order valence-electron chi connectivity index (χ3n) is 2.94. The Labute approximate surface area is 124 Å². The molecule has 0 bridgehead atoms. The summed E-state index contributed by atoms with van der Waals surface area (Å²) in [5, 5.41) is 3.09. The fourth-order valence-corrected chi connectivity index (χ4v) is 2.34. The lowest BCUT2D eigenvalue weighted by Crippen LogP contribution is -2.04. The van der Waals surface area contributed by atoms with Crippen LogP contribution in [-0.4, -0.2) is 23.3 Å². The molecule has 1 heterocycles. The number of nitrogens with one attached hydrogen (secondary N) is 1. The fourth-order valence-electron chi connectivity index (χ4n) is 1.94. The van der Waals surface area contributed by atoms with Crippen molar-refractivity contribution in [1.82, 2.24) is 9.97 Å². The standard InChI is InChI=1S/C15H19N3OS/c1-10(2)13-14(16-3)17-9-18-15(13)19-11-5-7-12(20-4)8-6-11/h5-10H,1-4H3,(H,16,17,18). The van der Waals surface area contributed by atoms with Crippen LogP contribution in [-0.2, 0) is 0 Å². The summed E-state index contributed by atoms with van der Waals surface area (Å²) in [6.07, 6.45) is 3.57. The van der Waals surface area contributed by atoms with Gasteiger partial charge in [-0.2, -0.15) is 0 Å². The molecule has 1 aromatic heterocycles. The van der Waals surface area contributed by atoms with Crippen LogP contribution in [0.5, 0.6) is 11.6 Å². The number of rotatable bonds is 5. The summed E-state index contributed by atoms with van der Waals surface area (Å²) in [7, 11) is 1.85. The zero-order chi connectivity index (χ0) is 14.5. The Balaban J connectivity index is 2.32. The van der Waals surface area contributed by atoms with Crippen LogP contribution in [0.1, 0.15) is 25.3 Å². The van der Waals surface area contributed by atoms with Crippen LogP contribution in [0.4, 0.5) is 5.82 Å². The number of ether oxygens (including phenoxy) is 1. The summed E-state index contributed by atoms with van der Waals surface area (Å²) in [6.45, 7) is 4.20. The molecule has 0 amide bonds. The summed E-state index contributed by atoms with van der Waals surface area (Å²) in [4.78, 5) is 9.72. The van der Waals surface area contributed by atoms with Crippen LogP contribution in [0.15, 0.2) is 35.5 Å². The molecule has 0 aliphatic rings. The minimum atomic E-state index is 0.277. The second-order valence-corrected chi connectivity index (χ2v) is 5.50. The monoisotopic (exact) mass is 289 g/mol. The van der Waals surface area contributed by atoms with E-state index in [1.165, 1.54) is 11.2 Å². The molecule has 0 fully saturated rings. The summed E-state index contributed by atoms with van der Waals surface area (Å²) >= 11 is 1.71. The van der Waals surface area contributed by atoms with Crippen LogP contribution >= 0.6 is 11.8 Å². The maximum Gasteiger partial charge on any atom is 0.227 e. The SMILES string of the molecule is CNc1ncnc(Oc2ccc(SC)cc2)c1C(C)C. The molecule has 0 aliphatic carbocycles. The van der Waals surface area contributed by atoms with Gasteiger partial charge < -0.3 is 10.1 Å². The van der Waals surface area contributed by atoms with Gasteiger partial charge in [0.1, 0.15) is 17.9 Å². The molecule has 1 aromatic carbocycles. The van der Waals surface area contributed by atoms with Gasteiger partial charge in [-0.3, -0.25) is 0 Å². The van der Waals surface area contributed by atoms with Gasteiger partial charge in [0, 0.05) is 11.9 Å². The van der Waals surface area contributed by atoms with Crippen molar-refractivity contribution in [3.8, 4) is 11.6 Å². The van der Waals surface area contributed by atoms with E-state index in [0.29, 0.717) is 5.88 Å². The van der Waals surface area contributed by atoms with Crippen molar-refractivity contribution >= 4 is 17.6 Å². The van der Waals surface area contributed by atoms with Crippen molar-refractivity contribution in [3.63, 3.8) is 0 Å². The largest absolute Gasteiger partial charge is 0.439 e. The first-order chi connectivity index (χ1) is 9.65. The van der Waals surface area contributed by atoms with Gasteiger partial charge in [-0.05, 0) is 36.4 Å². The average molecular weight is 289 g/mol. The second kappa shape index (κ2) is 6.61. The van der Waals surface area contributed by atoms with Crippen molar-refractivity contribution in [2.24, 2.45) is 0 Å². The van der Waals surface area contributed by atoms with Gasteiger partial charge in [0.25, 0.3) is 0 Å². The van der Waals surface area contributed by atoms with Crippen molar-refractivity contribution in [2.45, 2.75) is 24.7 Å². The van der Waals surface area contributed by atoms with Crippen molar-refractivity contribution in [2.75, 3.05) is 18.6 Å². The smallest absolute Gasteiger partial charge is 0.227 e. The van der Waals surface area contributed by atoms with E-state index < -0.39 is 0 Å².